The summed E-state index contributed by atoms with van der Waals surface area (Å²) >= 11 is 5.60. The van der Waals surface area contributed by atoms with E-state index in [4.69, 9.17) is 11.6 Å². The molecule has 0 amide bonds. The van der Waals surface area contributed by atoms with Gasteiger partial charge in [-0.2, -0.15) is 0 Å². The monoisotopic (exact) mass is 225 g/mol. The van der Waals surface area contributed by atoms with Gasteiger partial charge in [-0.1, -0.05) is 16.8 Å². The van der Waals surface area contributed by atoms with E-state index < -0.39 is 5.82 Å². The highest BCUT2D eigenvalue weighted by molar-refractivity contribution is 6.30. The molecule has 0 aliphatic heterocycles. The predicted octanol–water partition coefficient (Wildman–Crippen LogP) is 1.87. The van der Waals surface area contributed by atoms with E-state index >= 15 is 0 Å². The molecule has 1 heterocycles. The van der Waals surface area contributed by atoms with Crippen LogP contribution in [0.4, 0.5) is 4.39 Å². The van der Waals surface area contributed by atoms with Crippen LogP contribution in [-0.2, 0) is 0 Å². The van der Waals surface area contributed by atoms with Gasteiger partial charge in [0.15, 0.2) is 6.29 Å². The van der Waals surface area contributed by atoms with Crippen LogP contribution in [0.1, 0.15) is 10.5 Å². The summed E-state index contributed by atoms with van der Waals surface area (Å²) < 4.78 is 14.2. The molecule has 0 radical (unpaired) electrons. The molecule has 76 valence electrons. The lowest BCUT2D eigenvalue weighted by molar-refractivity contribution is 0.111. The van der Waals surface area contributed by atoms with E-state index in [2.05, 4.69) is 10.3 Å². The molecule has 15 heavy (non-hydrogen) atoms. The maximum atomic E-state index is 12.9. The predicted molar refractivity (Wildman–Crippen MR) is 51.7 cm³/mol. The molecule has 2 rings (SSSR count). The summed E-state index contributed by atoms with van der Waals surface area (Å²) in [7, 11) is 0. The van der Waals surface area contributed by atoms with Crippen molar-refractivity contribution in [3.05, 3.63) is 40.9 Å². The number of aromatic nitrogens is 3. The summed E-state index contributed by atoms with van der Waals surface area (Å²) in [5.41, 5.74) is 0.748. The van der Waals surface area contributed by atoms with Crippen molar-refractivity contribution >= 4 is 17.9 Å². The van der Waals surface area contributed by atoms with E-state index in [1.165, 1.54) is 29.1 Å². The van der Waals surface area contributed by atoms with Gasteiger partial charge in [-0.3, -0.25) is 4.79 Å². The van der Waals surface area contributed by atoms with Crippen LogP contribution in [-0.4, -0.2) is 21.3 Å². The van der Waals surface area contributed by atoms with Crippen molar-refractivity contribution in [2.24, 2.45) is 0 Å². The van der Waals surface area contributed by atoms with Gasteiger partial charge in [0.05, 0.1) is 16.9 Å². The smallest absolute Gasteiger partial charge is 0.171 e. The molecule has 0 aliphatic rings. The van der Waals surface area contributed by atoms with Gasteiger partial charge in [0.1, 0.15) is 11.5 Å². The van der Waals surface area contributed by atoms with Crippen LogP contribution in [0.15, 0.2) is 24.4 Å². The molecular weight excluding hydrogens is 221 g/mol. The maximum Gasteiger partial charge on any atom is 0.171 e. The summed E-state index contributed by atoms with van der Waals surface area (Å²) in [4.78, 5) is 10.4. The fraction of sp³-hybridized carbons (Fsp3) is 0. The molecule has 0 N–H and O–H groups in total. The molecular formula is C9H5ClFN3O. The Labute approximate surface area is 89.3 Å². The first-order valence-electron chi connectivity index (χ1n) is 4.03. The number of carbonyl (C=O) groups is 1. The average Bonchev–Trinajstić information content (AvgIpc) is 2.70. The number of rotatable bonds is 2. The molecule has 6 heteroatoms. The van der Waals surface area contributed by atoms with Crippen LogP contribution < -0.4 is 0 Å². The highest BCUT2D eigenvalue weighted by Crippen LogP contribution is 2.18. The van der Waals surface area contributed by atoms with Crippen molar-refractivity contribution in [1.82, 2.24) is 15.0 Å². The Bertz CT molecular complexity index is 512. The summed E-state index contributed by atoms with van der Waals surface area (Å²) in [6.45, 7) is 0. The molecule has 0 spiro atoms. The summed E-state index contributed by atoms with van der Waals surface area (Å²) in [5.74, 6) is -0.504. The molecule has 0 unspecified atom stereocenters. The lowest BCUT2D eigenvalue weighted by Crippen LogP contribution is -1.95. The summed E-state index contributed by atoms with van der Waals surface area (Å²) in [6, 6.07) is 4.12. The molecule has 4 nitrogen and oxygen atoms in total. The number of halogens is 2. The first-order chi connectivity index (χ1) is 7.20. The zero-order valence-corrected chi connectivity index (χ0v) is 8.15. The van der Waals surface area contributed by atoms with E-state index in [0.29, 0.717) is 12.0 Å². The molecule has 0 bridgehead atoms. The number of nitrogens with zero attached hydrogens (tertiary/aromatic N) is 3. The van der Waals surface area contributed by atoms with Gasteiger partial charge in [0, 0.05) is 0 Å². The first-order valence-corrected chi connectivity index (χ1v) is 4.41. The number of benzene rings is 1. The van der Waals surface area contributed by atoms with E-state index in [0.717, 1.165) is 0 Å². The number of carbonyl (C=O) groups excluding carboxylic acids is 1. The first kappa shape index (κ1) is 9.79. The Morgan fingerprint density at radius 1 is 1.47 bits per heavy atom. The zero-order valence-electron chi connectivity index (χ0n) is 7.39. The van der Waals surface area contributed by atoms with Crippen molar-refractivity contribution in [2.75, 3.05) is 0 Å². The Morgan fingerprint density at radius 2 is 2.27 bits per heavy atom. The molecule has 1 aromatic carbocycles. The topological polar surface area (TPSA) is 47.8 Å². The second-order valence-electron chi connectivity index (χ2n) is 2.80. The van der Waals surface area contributed by atoms with Crippen molar-refractivity contribution in [3.8, 4) is 5.69 Å². The van der Waals surface area contributed by atoms with Gasteiger partial charge in [-0.25, -0.2) is 9.07 Å². The Morgan fingerprint density at radius 3 is 2.87 bits per heavy atom. The van der Waals surface area contributed by atoms with Crippen molar-refractivity contribution in [2.45, 2.75) is 0 Å². The standard InChI is InChI=1S/C9H5ClFN3O/c10-8-3-7(1-2-9(8)11)14-4-6(5-15)12-13-14/h1-5H. The van der Waals surface area contributed by atoms with Gasteiger partial charge >= 0.3 is 0 Å². The molecule has 0 saturated heterocycles. The minimum absolute atomic E-state index is 0.00402. The van der Waals surface area contributed by atoms with Crippen molar-refractivity contribution in [1.29, 1.82) is 0 Å². The van der Waals surface area contributed by atoms with Gasteiger partial charge in [0.2, 0.25) is 0 Å². The molecule has 0 aliphatic carbocycles. The normalized spacial score (nSPS) is 10.3. The van der Waals surface area contributed by atoms with Gasteiger partial charge in [-0.05, 0) is 18.2 Å². The third kappa shape index (κ3) is 1.87. The Hall–Kier alpha value is -1.75. The van der Waals surface area contributed by atoms with Crippen LogP contribution in [0.5, 0.6) is 0 Å². The summed E-state index contributed by atoms with van der Waals surface area (Å²) in [5, 5.41) is 7.25. The number of aldehydes is 1. The second-order valence-corrected chi connectivity index (χ2v) is 3.21. The summed E-state index contributed by atoms with van der Waals surface area (Å²) in [6.07, 6.45) is 2.01. The molecule has 0 saturated carbocycles. The lowest BCUT2D eigenvalue weighted by atomic mass is 10.3. The minimum Gasteiger partial charge on any atom is -0.296 e. The quantitative estimate of drug-likeness (QED) is 0.733. The van der Waals surface area contributed by atoms with E-state index in [1.807, 2.05) is 0 Å². The van der Waals surface area contributed by atoms with Crippen LogP contribution in [0, 0.1) is 5.82 Å². The lowest BCUT2D eigenvalue weighted by Gasteiger charge is -2.00. The van der Waals surface area contributed by atoms with Gasteiger partial charge < -0.3 is 0 Å². The molecule has 0 fully saturated rings. The van der Waals surface area contributed by atoms with Crippen LogP contribution in [0.3, 0.4) is 0 Å². The number of hydrogen-bond donors (Lipinski definition) is 0. The average molecular weight is 226 g/mol. The van der Waals surface area contributed by atoms with Gasteiger partial charge in [0.25, 0.3) is 0 Å². The largest absolute Gasteiger partial charge is 0.296 e. The SMILES string of the molecule is O=Cc1cn(-c2ccc(F)c(Cl)c2)nn1. The minimum atomic E-state index is -0.504. The third-order valence-corrected chi connectivity index (χ3v) is 2.09. The zero-order chi connectivity index (χ0) is 10.8. The van der Waals surface area contributed by atoms with E-state index in [1.54, 1.807) is 0 Å². The number of hydrogen-bond acceptors (Lipinski definition) is 3. The highest BCUT2D eigenvalue weighted by atomic mass is 35.5. The molecule has 2 aromatic rings. The van der Waals surface area contributed by atoms with Crippen molar-refractivity contribution < 1.29 is 9.18 Å². The van der Waals surface area contributed by atoms with Crippen molar-refractivity contribution in [3.63, 3.8) is 0 Å². The fourth-order valence-corrected chi connectivity index (χ4v) is 1.26. The van der Waals surface area contributed by atoms with E-state index in [9.17, 15) is 9.18 Å². The third-order valence-electron chi connectivity index (χ3n) is 1.80. The van der Waals surface area contributed by atoms with Crippen LogP contribution >= 0.6 is 11.6 Å². The highest BCUT2D eigenvalue weighted by Gasteiger charge is 2.04. The maximum absolute atomic E-state index is 12.9. The van der Waals surface area contributed by atoms with Crippen LogP contribution in [0.2, 0.25) is 5.02 Å². The Balaban J connectivity index is 2.44. The fourth-order valence-electron chi connectivity index (χ4n) is 1.08. The van der Waals surface area contributed by atoms with Crippen LogP contribution in [0.25, 0.3) is 5.69 Å². The Kier molecular flexibility index (Phi) is 2.47. The van der Waals surface area contributed by atoms with Gasteiger partial charge in [-0.15, -0.1) is 5.10 Å². The second kappa shape index (κ2) is 3.78. The molecule has 1 aromatic heterocycles. The molecule has 0 atom stereocenters. The van der Waals surface area contributed by atoms with E-state index in [-0.39, 0.29) is 10.7 Å².